The van der Waals surface area contributed by atoms with Crippen LogP contribution in [-0.4, -0.2) is 38.4 Å². The van der Waals surface area contributed by atoms with Crippen molar-refractivity contribution in [3.05, 3.63) is 35.4 Å². The van der Waals surface area contributed by atoms with E-state index in [4.69, 9.17) is 4.74 Å². The van der Waals surface area contributed by atoms with E-state index in [0.717, 1.165) is 25.9 Å². The highest BCUT2D eigenvalue weighted by Gasteiger charge is 2.42. The Kier molecular flexibility index (Phi) is 9.71. The van der Waals surface area contributed by atoms with E-state index in [2.05, 4.69) is 46.8 Å². The average Bonchev–Trinajstić information content (AvgIpc) is 2.71. The van der Waals surface area contributed by atoms with Crippen LogP contribution in [0.3, 0.4) is 0 Å². The smallest absolute Gasteiger partial charge is 0.373 e. The zero-order chi connectivity index (χ0) is 20.9. The first kappa shape index (κ1) is 25.2. The summed E-state index contributed by atoms with van der Waals surface area (Å²) in [6, 6.07) is 8.23. The van der Waals surface area contributed by atoms with Gasteiger partial charge in [-0.05, 0) is 44.6 Å². The van der Waals surface area contributed by atoms with Gasteiger partial charge in [-0.3, -0.25) is 4.99 Å². The number of hydrogen-bond donors (Lipinski definition) is 2. The van der Waals surface area contributed by atoms with Gasteiger partial charge in [-0.1, -0.05) is 36.2 Å². The topological polar surface area (TPSA) is 45.7 Å². The molecule has 1 aliphatic heterocycles. The molecule has 4 nitrogen and oxygen atoms in total. The fourth-order valence-electron chi connectivity index (χ4n) is 4.41. The zero-order valence-electron chi connectivity index (χ0n) is 17.7. The maximum Gasteiger partial charge on any atom is 0.391 e. The quantitative estimate of drug-likeness (QED) is 0.308. The molecule has 1 heterocycles. The van der Waals surface area contributed by atoms with E-state index in [1.54, 1.807) is 7.05 Å². The molecule has 0 radical (unpaired) electrons. The molecule has 8 heteroatoms. The lowest BCUT2D eigenvalue weighted by Gasteiger charge is -2.34. The Morgan fingerprint density at radius 3 is 2.53 bits per heavy atom. The van der Waals surface area contributed by atoms with Gasteiger partial charge in [0.25, 0.3) is 0 Å². The predicted octanol–water partition coefficient (Wildman–Crippen LogP) is 5.37. The monoisotopic (exact) mass is 539 g/mol. The summed E-state index contributed by atoms with van der Waals surface area (Å²) < 4.78 is 45.3. The van der Waals surface area contributed by atoms with Gasteiger partial charge in [0.15, 0.2) is 5.96 Å². The number of aryl methyl sites for hydroxylation is 1. The summed E-state index contributed by atoms with van der Waals surface area (Å²) in [5.41, 5.74) is 2.39. The fraction of sp³-hybridized carbons (Fsp3) is 0.682. The van der Waals surface area contributed by atoms with Gasteiger partial charge in [-0.15, -0.1) is 24.0 Å². The molecule has 30 heavy (non-hydrogen) atoms. The molecule has 0 amide bonds. The Bertz CT molecular complexity index is 681. The van der Waals surface area contributed by atoms with Gasteiger partial charge in [-0.2, -0.15) is 13.2 Å². The number of guanidine groups is 1. The third kappa shape index (κ3) is 7.00. The second-order valence-electron chi connectivity index (χ2n) is 8.30. The number of nitrogens with one attached hydrogen (secondary N) is 2. The Hall–Kier alpha value is -1.03. The second kappa shape index (κ2) is 11.5. The number of rotatable bonds is 4. The first-order valence-electron chi connectivity index (χ1n) is 10.6. The highest BCUT2D eigenvalue weighted by atomic mass is 127. The Morgan fingerprint density at radius 2 is 1.87 bits per heavy atom. The Labute approximate surface area is 194 Å². The van der Waals surface area contributed by atoms with Crippen LogP contribution in [-0.2, 0) is 4.74 Å². The van der Waals surface area contributed by atoms with Crippen molar-refractivity contribution in [2.24, 2.45) is 16.8 Å². The number of halogens is 4. The third-order valence-corrected chi connectivity index (χ3v) is 6.08. The zero-order valence-corrected chi connectivity index (χ0v) is 20.0. The van der Waals surface area contributed by atoms with E-state index in [1.165, 1.54) is 11.1 Å². The first-order chi connectivity index (χ1) is 13.9. The number of hydrogen-bond acceptors (Lipinski definition) is 2. The molecular formula is C22H33F3IN3O. The largest absolute Gasteiger partial charge is 0.391 e. The maximum atomic E-state index is 13.1. The summed E-state index contributed by atoms with van der Waals surface area (Å²) in [6.45, 7) is 3.49. The molecular weight excluding hydrogens is 506 g/mol. The van der Waals surface area contributed by atoms with Crippen LogP contribution in [0.5, 0.6) is 0 Å². The molecule has 170 valence electrons. The molecule has 4 atom stereocenters. The molecule has 0 aromatic heterocycles. The summed E-state index contributed by atoms with van der Waals surface area (Å²) in [7, 11) is 1.66. The van der Waals surface area contributed by atoms with E-state index < -0.39 is 12.1 Å². The molecule has 2 N–H and O–H groups in total. The van der Waals surface area contributed by atoms with Crippen molar-refractivity contribution in [3.63, 3.8) is 0 Å². The normalized spacial score (nSPS) is 27.8. The Morgan fingerprint density at radius 1 is 1.13 bits per heavy atom. The number of benzene rings is 1. The molecule has 4 unspecified atom stereocenters. The molecule has 1 aromatic rings. The third-order valence-electron chi connectivity index (χ3n) is 6.08. The minimum absolute atomic E-state index is 0. The highest BCUT2D eigenvalue weighted by molar-refractivity contribution is 14.0. The molecule has 0 bridgehead atoms. The average molecular weight is 539 g/mol. The second-order valence-corrected chi connectivity index (χ2v) is 8.30. The van der Waals surface area contributed by atoms with Crippen LogP contribution in [0.2, 0.25) is 0 Å². The lowest BCUT2D eigenvalue weighted by molar-refractivity contribution is -0.183. The van der Waals surface area contributed by atoms with Crippen LogP contribution >= 0.6 is 24.0 Å². The van der Waals surface area contributed by atoms with Crippen LogP contribution in [0.1, 0.15) is 55.8 Å². The predicted molar refractivity (Wildman–Crippen MR) is 124 cm³/mol. The van der Waals surface area contributed by atoms with E-state index in [-0.39, 0.29) is 49.0 Å². The SMILES string of the molecule is CN=C(NCC1CCCOC1c1ccc(C)cc1)NC1CCCC(C(F)(F)F)C1.I. The number of aliphatic imine (C=N–C) groups is 1. The van der Waals surface area contributed by atoms with Crippen molar-refractivity contribution in [1.29, 1.82) is 0 Å². The molecule has 2 fully saturated rings. The minimum atomic E-state index is -4.11. The van der Waals surface area contributed by atoms with Crippen LogP contribution < -0.4 is 10.6 Å². The van der Waals surface area contributed by atoms with Gasteiger partial charge < -0.3 is 15.4 Å². The molecule has 0 spiro atoms. The summed E-state index contributed by atoms with van der Waals surface area (Å²) >= 11 is 0. The summed E-state index contributed by atoms with van der Waals surface area (Å²) in [6.07, 6.45) is -0.360. The first-order valence-corrected chi connectivity index (χ1v) is 10.6. The van der Waals surface area contributed by atoms with Gasteiger partial charge in [0.1, 0.15) is 0 Å². The standard InChI is InChI=1S/C22H32F3N3O.HI/c1-15-8-10-16(11-9-15)20-17(5-4-12-29-20)14-27-21(26-2)28-19-7-3-6-18(13-19)22(23,24)25;/h8-11,17-20H,3-7,12-14H2,1-2H3,(H2,26,27,28);1H. The number of nitrogens with zero attached hydrogens (tertiary/aromatic N) is 1. The van der Waals surface area contributed by atoms with Gasteiger partial charge >= 0.3 is 6.18 Å². The molecule has 1 aromatic carbocycles. The van der Waals surface area contributed by atoms with Gasteiger partial charge in [0.05, 0.1) is 12.0 Å². The fourth-order valence-corrected chi connectivity index (χ4v) is 4.41. The lowest BCUT2D eigenvalue weighted by atomic mass is 9.85. The number of alkyl halides is 3. The van der Waals surface area contributed by atoms with E-state index in [1.807, 2.05) is 0 Å². The van der Waals surface area contributed by atoms with Crippen molar-refractivity contribution in [3.8, 4) is 0 Å². The van der Waals surface area contributed by atoms with E-state index in [0.29, 0.717) is 24.8 Å². The van der Waals surface area contributed by atoms with Crippen molar-refractivity contribution in [2.45, 2.75) is 63.8 Å². The van der Waals surface area contributed by atoms with Gasteiger partial charge in [0.2, 0.25) is 0 Å². The summed E-state index contributed by atoms with van der Waals surface area (Å²) in [4.78, 5) is 4.24. The van der Waals surface area contributed by atoms with Crippen LogP contribution in [0.25, 0.3) is 0 Å². The Balaban J connectivity index is 0.00000320. The van der Waals surface area contributed by atoms with Crippen LogP contribution in [0.15, 0.2) is 29.3 Å². The summed E-state index contributed by atoms with van der Waals surface area (Å²) in [5.74, 6) is -0.352. The highest BCUT2D eigenvalue weighted by Crippen LogP contribution is 2.37. The van der Waals surface area contributed by atoms with Crippen molar-refractivity contribution < 1.29 is 17.9 Å². The van der Waals surface area contributed by atoms with Crippen molar-refractivity contribution in [1.82, 2.24) is 10.6 Å². The molecule has 3 rings (SSSR count). The van der Waals surface area contributed by atoms with Gasteiger partial charge in [-0.25, -0.2) is 0 Å². The van der Waals surface area contributed by atoms with Crippen LogP contribution in [0, 0.1) is 18.8 Å². The van der Waals surface area contributed by atoms with E-state index >= 15 is 0 Å². The molecule has 2 aliphatic rings. The molecule has 1 saturated heterocycles. The molecule has 1 saturated carbocycles. The minimum Gasteiger partial charge on any atom is -0.373 e. The lowest BCUT2D eigenvalue weighted by Crippen LogP contribution is -2.48. The van der Waals surface area contributed by atoms with Crippen molar-refractivity contribution >= 4 is 29.9 Å². The van der Waals surface area contributed by atoms with Crippen molar-refractivity contribution in [2.75, 3.05) is 20.2 Å². The van der Waals surface area contributed by atoms with Gasteiger partial charge in [0, 0.05) is 32.2 Å². The summed E-state index contributed by atoms with van der Waals surface area (Å²) in [5, 5.41) is 6.54. The number of ether oxygens (including phenoxy) is 1. The van der Waals surface area contributed by atoms with E-state index in [9.17, 15) is 13.2 Å². The molecule has 1 aliphatic carbocycles. The maximum absolute atomic E-state index is 13.1. The van der Waals surface area contributed by atoms with Crippen LogP contribution in [0.4, 0.5) is 13.2 Å².